The van der Waals surface area contributed by atoms with Gasteiger partial charge in [-0.25, -0.2) is 0 Å². The molecule has 0 spiro atoms. The lowest BCUT2D eigenvalue weighted by Gasteiger charge is -2.40. The number of likely N-dealkylation sites (tertiary alicyclic amines) is 2. The molecule has 0 aromatic rings. The summed E-state index contributed by atoms with van der Waals surface area (Å²) in [6.07, 6.45) is -0.497. The molecular formula is C15H21F3N2O2. The number of nitrogens with zero attached hydrogens (tertiary/aromatic N) is 2. The SMILES string of the molecule is C=CC(=O)N1CCC(C2CCCN(C(=O)C(F)(F)F)C2)CC1. The highest BCUT2D eigenvalue weighted by Crippen LogP contribution is 2.33. The second-order valence-corrected chi connectivity index (χ2v) is 6.02. The van der Waals surface area contributed by atoms with Crippen molar-refractivity contribution in [1.82, 2.24) is 9.80 Å². The Morgan fingerprint density at radius 2 is 1.64 bits per heavy atom. The van der Waals surface area contributed by atoms with Gasteiger partial charge < -0.3 is 9.80 Å². The smallest absolute Gasteiger partial charge is 0.339 e. The quantitative estimate of drug-likeness (QED) is 0.733. The molecule has 0 radical (unpaired) electrons. The number of hydrogen-bond acceptors (Lipinski definition) is 2. The van der Waals surface area contributed by atoms with Crippen molar-refractivity contribution in [2.24, 2.45) is 11.8 Å². The fraction of sp³-hybridized carbons (Fsp3) is 0.733. The summed E-state index contributed by atoms with van der Waals surface area (Å²) < 4.78 is 37.6. The molecule has 7 heteroatoms. The third-order valence-electron chi connectivity index (χ3n) is 4.68. The third kappa shape index (κ3) is 3.81. The molecule has 2 aliphatic heterocycles. The average molecular weight is 318 g/mol. The van der Waals surface area contributed by atoms with E-state index in [9.17, 15) is 22.8 Å². The lowest BCUT2D eigenvalue weighted by Crippen LogP contribution is -2.49. The number of halogens is 3. The summed E-state index contributed by atoms with van der Waals surface area (Å²) in [5.41, 5.74) is 0. The van der Waals surface area contributed by atoms with E-state index in [1.165, 1.54) is 6.08 Å². The zero-order chi connectivity index (χ0) is 16.3. The van der Waals surface area contributed by atoms with Gasteiger partial charge in [-0.2, -0.15) is 13.2 Å². The van der Waals surface area contributed by atoms with Gasteiger partial charge in [0.15, 0.2) is 0 Å². The summed E-state index contributed by atoms with van der Waals surface area (Å²) in [4.78, 5) is 25.5. The van der Waals surface area contributed by atoms with Crippen molar-refractivity contribution in [1.29, 1.82) is 0 Å². The molecule has 2 aliphatic rings. The van der Waals surface area contributed by atoms with E-state index in [4.69, 9.17) is 0 Å². The molecule has 2 rings (SSSR count). The molecule has 0 aromatic carbocycles. The normalized spacial score (nSPS) is 24.2. The number of alkyl halides is 3. The predicted molar refractivity (Wildman–Crippen MR) is 74.9 cm³/mol. The van der Waals surface area contributed by atoms with E-state index in [0.29, 0.717) is 19.5 Å². The molecule has 2 amide bonds. The molecule has 0 aliphatic carbocycles. The van der Waals surface area contributed by atoms with Gasteiger partial charge in [0, 0.05) is 26.2 Å². The first-order valence-corrected chi connectivity index (χ1v) is 7.60. The van der Waals surface area contributed by atoms with Crippen LogP contribution in [0.2, 0.25) is 0 Å². The van der Waals surface area contributed by atoms with Crippen molar-refractivity contribution in [3.63, 3.8) is 0 Å². The summed E-state index contributed by atoms with van der Waals surface area (Å²) >= 11 is 0. The highest BCUT2D eigenvalue weighted by Gasteiger charge is 2.44. The van der Waals surface area contributed by atoms with E-state index in [0.717, 1.165) is 24.2 Å². The molecule has 1 unspecified atom stereocenters. The number of rotatable bonds is 2. The zero-order valence-corrected chi connectivity index (χ0v) is 12.4. The van der Waals surface area contributed by atoms with Crippen LogP contribution >= 0.6 is 0 Å². The van der Waals surface area contributed by atoms with E-state index in [-0.39, 0.29) is 30.8 Å². The van der Waals surface area contributed by atoms with Crippen LogP contribution in [0.1, 0.15) is 25.7 Å². The van der Waals surface area contributed by atoms with E-state index in [1.807, 2.05) is 0 Å². The Morgan fingerprint density at radius 3 is 2.18 bits per heavy atom. The summed E-state index contributed by atoms with van der Waals surface area (Å²) in [7, 11) is 0. The maximum atomic E-state index is 12.5. The monoisotopic (exact) mass is 318 g/mol. The van der Waals surface area contributed by atoms with Gasteiger partial charge in [-0.1, -0.05) is 6.58 Å². The number of hydrogen-bond donors (Lipinski definition) is 0. The Morgan fingerprint density at radius 1 is 1.00 bits per heavy atom. The largest absolute Gasteiger partial charge is 0.471 e. The second kappa shape index (κ2) is 6.71. The molecule has 2 saturated heterocycles. The first kappa shape index (κ1) is 16.8. The Kier molecular flexibility index (Phi) is 5.13. The van der Waals surface area contributed by atoms with Crippen LogP contribution in [0.15, 0.2) is 12.7 Å². The summed E-state index contributed by atoms with van der Waals surface area (Å²) in [5, 5.41) is 0. The second-order valence-electron chi connectivity index (χ2n) is 6.02. The van der Waals surface area contributed by atoms with Crippen molar-refractivity contribution in [3.8, 4) is 0 Å². The van der Waals surface area contributed by atoms with Gasteiger partial charge in [-0.05, 0) is 43.6 Å². The van der Waals surface area contributed by atoms with Crippen LogP contribution in [-0.4, -0.2) is 54.0 Å². The first-order valence-electron chi connectivity index (χ1n) is 7.60. The molecule has 0 bridgehead atoms. The fourth-order valence-electron chi connectivity index (χ4n) is 3.48. The Bertz CT molecular complexity index is 443. The standard InChI is InChI=1S/C15H21F3N2O2/c1-2-13(21)19-8-5-11(6-9-19)12-4-3-7-20(10-12)14(22)15(16,17)18/h2,11-12H,1,3-10H2. The lowest BCUT2D eigenvalue weighted by molar-refractivity contribution is -0.187. The third-order valence-corrected chi connectivity index (χ3v) is 4.68. The van der Waals surface area contributed by atoms with Crippen molar-refractivity contribution in [2.45, 2.75) is 31.9 Å². The number of carbonyl (C=O) groups excluding carboxylic acids is 2. The number of carbonyl (C=O) groups is 2. The Hall–Kier alpha value is -1.53. The maximum Gasteiger partial charge on any atom is 0.471 e. The predicted octanol–water partition coefficient (Wildman–Crippen LogP) is 2.21. The van der Waals surface area contributed by atoms with Crippen LogP contribution in [0, 0.1) is 11.8 Å². The minimum Gasteiger partial charge on any atom is -0.339 e. The van der Waals surface area contributed by atoms with Crippen LogP contribution in [-0.2, 0) is 9.59 Å². The minimum atomic E-state index is -4.79. The molecule has 22 heavy (non-hydrogen) atoms. The Labute approximate surface area is 127 Å². The van der Waals surface area contributed by atoms with Crippen LogP contribution in [0.4, 0.5) is 13.2 Å². The molecular weight excluding hydrogens is 297 g/mol. The van der Waals surface area contributed by atoms with E-state index >= 15 is 0 Å². The van der Waals surface area contributed by atoms with Crippen molar-refractivity contribution >= 4 is 11.8 Å². The number of piperidine rings is 2. The maximum absolute atomic E-state index is 12.5. The van der Waals surface area contributed by atoms with Crippen LogP contribution in [0.3, 0.4) is 0 Å². The van der Waals surface area contributed by atoms with Gasteiger partial charge >= 0.3 is 12.1 Å². The molecule has 2 heterocycles. The van der Waals surface area contributed by atoms with Gasteiger partial charge in [0.1, 0.15) is 0 Å². The van der Waals surface area contributed by atoms with Crippen molar-refractivity contribution in [2.75, 3.05) is 26.2 Å². The van der Waals surface area contributed by atoms with Gasteiger partial charge in [0.05, 0.1) is 0 Å². The molecule has 1 atom stereocenters. The summed E-state index contributed by atoms with van der Waals surface area (Å²) in [6.45, 7) is 5.04. The Balaban J connectivity index is 1.90. The van der Waals surface area contributed by atoms with Gasteiger partial charge in [0.25, 0.3) is 0 Å². The summed E-state index contributed by atoms with van der Waals surface area (Å²) in [5.74, 6) is -1.45. The highest BCUT2D eigenvalue weighted by molar-refractivity contribution is 5.87. The highest BCUT2D eigenvalue weighted by atomic mass is 19.4. The van der Waals surface area contributed by atoms with Crippen LogP contribution in [0.5, 0.6) is 0 Å². The number of amides is 2. The molecule has 2 fully saturated rings. The van der Waals surface area contributed by atoms with Crippen molar-refractivity contribution in [3.05, 3.63) is 12.7 Å². The van der Waals surface area contributed by atoms with Crippen LogP contribution < -0.4 is 0 Å². The molecule has 0 saturated carbocycles. The molecule has 0 aromatic heterocycles. The van der Waals surface area contributed by atoms with E-state index in [2.05, 4.69) is 6.58 Å². The molecule has 124 valence electrons. The van der Waals surface area contributed by atoms with Crippen LogP contribution in [0.25, 0.3) is 0 Å². The van der Waals surface area contributed by atoms with Gasteiger partial charge in [-0.15, -0.1) is 0 Å². The first-order chi connectivity index (χ1) is 10.3. The molecule has 4 nitrogen and oxygen atoms in total. The van der Waals surface area contributed by atoms with Gasteiger partial charge in [0.2, 0.25) is 5.91 Å². The van der Waals surface area contributed by atoms with Crippen molar-refractivity contribution < 1.29 is 22.8 Å². The lowest BCUT2D eigenvalue weighted by atomic mass is 9.79. The fourth-order valence-corrected chi connectivity index (χ4v) is 3.48. The van der Waals surface area contributed by atoms with Gasteiger partial charge in [-0.3, -0.25) is 9.59 Å². The summed E-state index contributed by atoms with van der Waals surface area (Å²) in [6, 6.07) is 0. The molecule has 0 N–H and O–H groups in total. The average Bonchev–Trinajstić information content (AvgIpc) is 2.52. The van der Waals surface area contributed by atoms with E-state index in [1.54, 1.807) is 4.90 Å². The van der Waals surface area contributed by atoms with E-state index < -0.39 is 12.1 Å². The zero-order valence-electron chi connectivity index (χ0n) is 12.4. The minimum absolute atomic E-state index is 0.0982. The topological polar surface area (TPSA) is 40.6 Å².